The van der Waals surface area contributed by atoms with Crippen molar-refractivity contribution in [2.45, 2.75) is 19.3 Å². The molecule has 1 aromatic carbocycles. The standard InChI is InChI=1S/C22H27NO7/c1-3-21(24)29-15-13-27-11-10-26-12-14-28-18-8-9-19-17(16-18)6-5-7-20(19)23-30-22(25)4-2/h3-4,8-9,16H,1-2,5-7,10-15H2/b23-20-. The molecule has 1 aliphatic carbocycles. The third-order valence-electron chi connectivity index (χ3n) is 4.17. The maximum absolute atomic E-state index is 11.2. The molecular formula is C22H27NO7. The van der Waals surface area contributed by atoms with Gasteiger partial charge in [-0.25, -0.2) is 9.59 Å². The first kappa shape index (κ1) is 23.3. The fourth-order valence-corrected chi connectivity index (χ4v) is 2.76. The fraction of sp³-hybridized carbons (Fsp3) is 0.409. The lowest BCUT2D eigenvalue weighted by molar-refractivity contribution is -0.139. The van der Waals surface area contributed by atoms with Gasteiger partial charge in [-0.3, -0.25) is 0 Å². The zero-order valence-electron chi connectivity index (χ0n) is 17.0. The van der Waals surface area contributed by atoms with Crippen LogP contribution in [0, 0.1) is 0 Å². The van der Waals surface area contributed by atoms with E-state index in [-0.39, 0.29) is 6.61 Å². The summed E-state index contributed by atoms with van der Waals surface area (Å²) in [5.41, 5.74) is 2.83. The van der Waals surface area contributed by atoms with Crippen molar-refractivity contribution in [3.8, 4) is 5.75 Å². The van der Waals surface area contributed by atoms with Crippen LogP contribution < -0.4 is 4.74 Å². The Balaban J connectivity index is 1.65. The molecule has 0 N–H and O–H groups in total. The van der Waals surface area contributed by atoms with Gasteiger partial charge in [0.15, 0.2) is 0 Å². The minimum Gasteiger partial charge on any atom is -0.491 e. The van der Waals surface area contributed by atoms with E-state index >= 15 is 0 Å². The molecule has 0 fully saturated rings. The predicted octanol–water partition coefficient (Wildman–Crippen LogP) is 2.60. The van der Waals surface area contributed by atoms with Crippen molar-refractivity contribution in [2.75, 3.05) is 39.6 Å². The van der Waals surface area contributed by atoms with Crippen LogP contribution in [0.2, 0.25) is 0 Å². The first-order chi connectivity index (χ1) is 14.6. The van der Waals surface area contributed by atoms with E-state index in [9.17, 15) is 9.59 Å². The Morgan fingerprint density at radius 2 is 1.63 bits per heavy atom. The number of benzene rings is 1. The summed E-state index contributed by atoms with van der Waals surface area (Å²) in [5, 5.41) is 3.95. The van der Waals surface area contributed by atoms with Crippen molar-refractivity contribution in [1.82, 2.24) is 0 Å². The lowest BCUT2D eigenvalue weighted by Gasteiger charge is -2.18. The van der Waals surface area contributed by atoms with Gasteiger partial charge in [0, 0.05) is 17.7 Å². The molecule has 0 bridgehead atoms. The molecule has 0 atom stereocenters. The highest BCUT2D eigenvalue weighted by Crippen LogP contribution is 2.26. The Morgan fingerprint density at radius 3 is 2.37 bits per heavy atom. The summed E-state index contributed by atoms with van der Waals surface area (Å²) in [4.78, 5) is 26.9. The fourth-order valence-electron chi connectivity index (χ4n) is 2.76. The molecule has 0 aliphatic heterocycles. The van der Waals surface area contributed by atoms with Gasteiger partial charge in [-0.15, -0.1) is 0 Å². The topological polar surface area (TPSA) is 92.7 Å². The van der Waals surface area contributed by atoms with E-state index in [1.165, 1.54) is 0 Å². The van der Waals surface area contributed by atoms with E-state index in [1.807, 2.05) is 18.2 Å². The lowest BCUT2D eigenvalue weighted by Crippen LogP contribution is -2.15. The second-order valence-electron chi connectivity index (χ2n) is 6.27. The van der Waals surface area contributed by atoms with E-state index < -0.39 is 11.9 Å². The van der Waals surface area contributed by atoms with Crippen molar-refractivity contribution in [3.05, 3.63) is 54.6 Å². The number of carbonyl (C=O) groups excluding carboxylic acids is 2. The van der Waals surface area contributed by atoms with Crippen LogP contribution in [0.1, 0.15) is 24.0 Å². The van der Waals surface area contributed by atoms with Crippen LogP contribution in [-0.4, -0.2) is 57.3 Å². The molecule has 0 saturated heterocycles. The minimum absolute atomic E-state index is 0.190. The number of carbonyl (C=O) groups is 2. The number of rotatable bonds is 13. The smallest absolute Gasteiger partial charge is 0.358 e. The van der Waals surface area contributed by atoms with Gasteiger partial charge in [-0.05, 0) is 43.0 Å². The van der Waals surface area contributed by atoms with E-state index in [0.717, 1.165) is 54.0 Å². The van der Waals surface area contributed by atoms with Crippen LogP contribution in [-0.2, 0) is 35.1 Å². The molecular weight excluding hydrogens is 390 g/mol. The second kappa shape index (κ2) is 13.3. The van der Waals surface area contributed by atoms with Crippen molar-refractivity contribution in [2.24, 2.45) is 5.16 Å². The summed E-state index contributed by atoms with van der Waals surface area (Å²) >= 11 is 0. The Morgan fingerprint density at radius 1 is 0.933 bits per heavy atom. The molecule has 0 spiro atoms. The molecule has 0 unspecified atom stereocenters. The summed E-state index contributed by atoms with van der Waals surface area (Å²) in [6.45, 7) is 8.83. The van der Waals surface area contributed by atoms with Gasteiger partial charge in [-0.2, -0.15) is 0 Å². The molecule has 0 radical (unpaired) electrons. The van der Waals surface area contributed by atoms with Gasteiger partial charge in [0.25, 0.3) is 0 Å². The SMILES string of the molecule is C=CC(=O)OCCOCCOCCOc1ccc2c(c1)CCC/C2=N/OC(=O)C=C. The lowest BCUT2D eigenvalue weighted by atomic mass is 9.90. The number of aryl methyl sites for hydroxylation is 1. The first-order valence-electron chi connectivity index (χ1n) is 9.75. The maximum atomic E-state index is 11.2. The monoisotopic (exact) mass is 417 g/mol. The first-order valence-corrected chi connectivity index (χ1v) is 9.75. The molecule has 1 aromatic rings. The largest absolute Gasteiger partial charge is 0.491 e. The molecule has 8 heteroatoms. The molecule has 0 amide bonds. The Labute approximate surface area is 176 Å². The van der Waals surface area contributed by atoms with Gasteiger partial charge < -0.3 is 23.8 Å². The molecule has 8 nitrogen and oxygen atoms in total. The summed E-state index contributed by atoms with van der Waals surface area (Å²) < 4.78 is 21.3. The summed E-state index contributed by atoms with van der Waals surface area (Å²) in [5.74, 6) is -0.285. The van der Waals surface area contributed by atoms with Crippen molar-refractivity contribution in [3.63, 3.8) is 0 Å². The number of fused-ring (bicyclic) bond motifs is 1. The van der Waals surface area contributed by atoms with E-state index in [2.05, 4.69) is 18.3 Å². The second-order valence-corrected chi connectivity index (χ2v) is 6.27. The third kappa shape index (κ3) is 8.18. The number of nitrogens with zero attached hydrogens (tertiary/aromatic N) is 1. The number of oxime groups is 1. The zero-order chi connectivity index (χ0) is 21.6. The van der Waals surface area contributed by atoms with Crippen LogP contribution in [0.25, 0.3) is 0 Å². The van der Waals surface area contributed by atoms with Crippen LogP contribution in [0.15, 0.2) is 48.7 Å². The van der Waals surface area contributed by atoms with Gasteiger partial charge in [0.2, 0.25) is 0 Å². The average Bonchev–Trinajstić information content (AvgIpc) is 2.78. The molecule has 2 rings (SSSR count). The molecule has 0 saturated carbocycles. The number of esters is 1. The van der Waals surface area contributed by atoms with Gasteiger partial charge in [0.05, 0.1) is 32.1 Å². The molecule has 30 heavy (non-hydrogen) atoms. The summed E-state index contributed by atoms with van der Waals surface area (Å²) in [6.07, 6.45) is 4.79. The molecule has 0 aromatic heterocycles. The number of ether oxygens (including phenoxy) is 4. The van der Waals surface area contributed by atoms with Crippen molar-refractivity contribution < 1.29 is 33.4 Å². The van der Waals surface area contributed by atoms with Crippen molar-refractivity contribution >= 4 is 17.7 Å². The summed E-state index contributed by atoms with van der Waals surface area (Å²) in [7, 11) is 0. The van der Waals surface area contributed by atoms with Gasteiger partial charge in [0.1, 0.15) is 19.0 Å². The van der Waals surface area contributed by atoms with E-state index in [4.69, 9.17) is 23.8 Å². The van der Waals surface area contributed by atoms with Gasteiger partial charge in [-0.1, -0.05) is 18.3 Å². The highest BCUT2D eigenvalue weighted by Gasteiger charge is 2.17. The van der Waals surface area contributed by atoms with Crippen LogP contribution in [0.4, 0.5) is 0 Å². The molecule has 1 aliphatic rings. The van der Waals surface area contributed by atoms with Crippen LogP contribution >= 0.6 is 0 Å². The van der Waals surface area contributed by atoms with Crippen LogP contribution in [0.5, 0.6) is 5.75 Å². The third-order valence-corrected chi connectivity index (χ3v) is 4.17. The quantitative estimate of drug-likeness (QED) is 0.160. The predicted molar refractivity (Wildman–Crippen MR) is 110 cm³/mol. The van der Waals surface area contributed by atoms with Crippen molar-refractivity contribution in [1.29, 1.82) is 0 Å². The molecule has 162 valence electrons. The zero-order valence-corrected chi connectivity index (χ0v) is 17.0. The van der Waals surface area contributed by atoms with E-state index in [1.54, 1.807) is 0 Å². The number of hydrogen-bond acceptors (Lipinski definition) is 8. The Bertz CT molecular complexity index is 773. The van der Waals surface area contributed by atoms with Gasteiger partial charge >= 0.3 is 11.9 Å². The Hall–Kier alpha value is -2.97. The molecule has 0 heterocycles. The van der Waals surface area contributed by atoms with Crippen LogP contribution in [0.3, 0.4) is 0 Å². The average molecular weight is 417 g/mol. The highest BCUT2D eigenvalue weighted by atomic mass is 16.7. The number of hydrogen-bond donors (Lipinski definition) is 0. The maximum Gasteiger partial charge on any atom is 0.358 e. The normalized spacial score (nSPS) is 13.9. The Kier molecular flexibility index (Phi) is 10.3. The van der Waals surface area contributed by atoms with E-state index in [0.29, 0.717) is 33.0 Å². The summed E-state index contributed by atoms with van der Waals surface area (Å²) in [6, 6.07) is 5.77. The highest BCUT2D eigenvalue weighted by molar-refractivity contribution is 6.02. The minimum atomic E-state index is -0.573.